The number of nitrogens with zero attached hydrogens (tertiary/aromatic N) is 3. The number of para-hydroxylation sites is 2. The van der Waals surface area contributed by atoms with Gasteiger partial charge in [-0.25, -0.2) is 0 Å². The van der Waals surface area contributed by atoms with E-state index in [4.69, 9.17) is 16.3 Å². The molecule has 0 bridgehead atoms. The van der Waals surface area contributed by atoms with Crippen molar-refractivity contribution in [1.82, 2.24) is 9.80 Å². The highest BCUT2D eigenvalue weighted by molar-refractivity contribution is 6.32. The lowest BCUT2D eigenvalue weighted by Gasteiger charge is -2.40. The van der Waals surface area contributed by atoms with Crippen molar-refractivity contribution < 1.29 is 9.53 Å². The molecule has 4 rings (SSSR count). The first-order valence-corrected chi connectivity index (χ1v) is 11.2. The molecule has 160 valence electrons. The van der Waals surface area contributed by atoms with Gasteiger partial charge in [0.25, 0.3) is 0 Å². The van der Waals surface area contributed by atoms with Crippen LogP contribution in [0.15, 0.2) is 48.5 Å². The number of carbonyl (C=O) groups is 1. The summed E-state index contributed by atoms with van der Waals surface area (Å²) in [5.74, 6) is 0.955. The molecule has 1 atom stereocenters. The highest BCUT2D eigenvalue weighted by Crippen LogP contribution is 2.28. The largest absolute Gasteiger partial charge is 0.491 e. The van der Waals surface area contributed by atoms with E-state index in [1.165, 1.54) is 5.56 Å². The van der Waals surface area contributed by atoms with E-state index in [1.807, 2.05) is 35.2 Å². The standard InChI is InChI=1S/C24H30ClN3O2/c1-19(24(29)28-12-6-8-20-7-2-4-10-22(20)28)27-15-13-26(14-16-27)17-18-30-23-11-5-3-9-21(23)25/h2-5,7,9-11,19H,6,8,12-18H2,1H3. The zero-order valence-electron chi connectivity index (χ0n) is 17.6. The maximum atomic E-state index is 13.2. The van der Waals surface area contributed by atoms with Crippen molar-refractivity contribution in [2.75, 3.05) is 50.8 Å². The van der Waals surface area contributed by atoms with E-state index < -0.39 is 0 Å². The van der Waals surface area contributed by atoms with Crippen LogP contribution in [0.25, 0.3) is 0 Å². The molecule has 5 nitrogen and oxygen atoms in total. The molecule has 1 saturated heterocycles. The SMILES string of the molecule is CC(C(=O)N1CCCc2ccccc21)N1CCN(CCOc2ccccc2Cl)CC1. The molecule has 0 radical (unpaired) electrons. The van der Waals surface area contributed by atoms with Crippen LogP contribution in [-0.2, 0) is 11.2 Å². The number of hydrogen-bond donors (Lipinski definition) is 0. The summed E-state index contributed by atoms with van der Waals surface area (Å²) in [6.45, 7) is 8.03. The molecule has 1 unspecified atom stereocenters. The van der Waals surface area contributed by atoms with Crippen molar-refractivity contribution in [2.24, 2.45) is 0 Å². The van der Waals surface area contributed by atoms with Crippen LogP contribution in [0.5, 0.6) is 5.75 Å². The summed E-state index contributed by atoms with van der Waals surface area (Å²) < 4.78 is 5.82. The number of benzene rings is 2. The first-order chi connectivity index (χ1) is 14.6. The van der Waals surface area contributed by atoms with E-state index >= 15 is 0 Å². The van der Waals surface area contributed by atoms with Crippen molar-refractivity contribution in [2.45, 2.75) is 25.8 Å². The molecule has 0 saturated carbocycles. The summed E-state index contributed by atoms with van der Waals surface area (Å²) >= 11 is 6.14. The minimum atomic E-state index is -0.0994. The number of hydrogen-bond acceptors (Lipinski definition) is 4. The Labute approximate surface area is 184 Å². The first kappa shape index (κ1) is 21.2. The van der Waals surface area contributed by atoms with Gasteiger partial charge in [0.05, 0.1) is 11.1 Å². The molecule has 0 aliphatic carbocycles. The highest BCUT2D eigenvalue weighted by Gasteiger charge is 2.31. The average Bonchev–Trinajstić information content (AvgIpc) is 2.79. The first-order valence-electron chi connectivity index (χ1n) is 10.9. The van der Waals surface area contributed by atoms with Crippen LogP contribution in [0.2, 0.25) is 5.02 Å². The Morgan fingerprint density at radius 1 is 1.03 bits per heavy atom. The van der Waals surface area contributed by atoms with Crippen LogP contribution in [-0.4, -0.2) is 67.6 Å². The smallest absolute Gasteiger partial charge is 0.244 e. The van der Waals surface area contributed by atoms with Crippen LogP contribution in [0, 0.1) is 0 Å². The average molecular weight is 428 g/mol. The topological polar surface area (TPSA) is 36.0 Å². The van der Waals surface area contributed by atoms with Crippen molar-refractivity contribution >= 4 is 23.2 Å². The summed E-state index contributed by atoms with van der Waals surface area (Å²) in [6.07, 6.45) is 2.10. The van der Waals surface area contributed by atoms with Gasteiger partial charge in [0.1, 0.15) is 12.4 Å². The third kappa shape index (κ3) is 4.80. The fourth-order valence-corrected chi connectivity index (χ4v) is 4.56. The number of piperazine rings is 1. The maximum Gasteiger partial charge on any atom is 0.244 e. The Morgan fingerprint density at radius 2 is 1.77 bits per heavy atom. The van der Waals surface area contributed by atoms with Crippen molar-refractivity contribution in [1.29, 1.82) is 0 Å². The molecule has 2 aromatic carbocycles. The monoisotopic (exact) mass is 427 g/mol. The van der Waals surface area contributed by atoms with Crippen molar-refractivity contribution in [3.63, 3.8) is 0 Å². The molecule has 0 N–H and O–H groups in total. The normalized spacial score (nSPS) is 18.7. The van der Waals surface area contributed by atoms with E-state index in [0.717, 1.165) is 63.5 Å². The van der Waals surface area contributed by atoms with Gasteiger partial charge in [-0.1, -0.05) is 41.9 Å². The van der Waals surface area contributed by atoms with E-state index in [-0.39, 0.29) is 11.9 Å². The third-order valence-electron chi connectivity index (χ3n) is 6.19. The predicted octanol–water partition coefficient (Wildman–Crippen LogP) is 3.70. The fraction of sp³-hybridized carbons (Fsp3) is 0.458. The minimum absolute atomic E-state index is 0.0994. The molecule has 30 heavy (non-hydrogen) atoms. The van der Waals surface area contributed by atoms with E-state index in [9.17, 15) is 4.79 Å². The minimum Gasteiger partial charge on any atom is -0.491 e. The Balaban J connectivity index is 1.26. The number of aryl methyl sites for hydroxylation is 1. The molecule has 0 spiro atoms. The molecule has 2 heterocycles. The number of rotatable bonds is 6. The number of halogens is 1. The summed E-state index contributed by atoms with van der Waals surface area (Å²) in [5, 5.41) is 0.647. The number of fused-ring (bicyclic) bond motifs is 1. The second-order valence-electron chi connectivity index (χ2n) is 8.05. The summed E-state index contributed by atoms with van der Waals surface area (Å²) in [6, 6.07) is 15.8. The van der Waals surface area contributed by atoms with Gasteiger partial charge < -0.3 is 9.64 Å². The van der Waals surface area contributed by atoms with Crippen molar-refractivity contribution in [3.05, 3.63) is 59.1 Å². The van der Waals surface area contributed by atoms with Gasteiger partial charge in [-0.3, -0.25) is 14.6 Å². The van der Waals surface area contributed by atoms with Crippen LogP contribution in [0.4, 0.5) is 5.69 Å². The quantitative estimate of drug-likeness (QED) is 0.704. The van der Waals surface area contributed by atoms with Gasteiger partial charge >= 0.3 is 0 Å². The number of carbonyl (C=O) groups excluding carboxylic acids is 1. The van der Waals surface area contributed by atoms with Crippen molar-refractivity contribution in [3.8, 4) is 5.75 Å². The zero-order valence-corrected chi connectivity index (χ0v) is 18.4. The molecule has 1 fully saturated rings. The van der Waals surface area contributed by atoms with Crippen LogP contribution in [0.3, 0.4) is 0 Å². The molecule has 2 aliphatic heterocycles. The molecule has 6 heteroatoms. The molecular formula is C24H30ClN3O2. The maximum absolute atomic E-state index is 13.2. The molecule has 0 aromatic heterocycles. The predicted molar refractivity (Wildman–Crippen MR) is 122 cm³/mol. The fourth-order valence-electron chi connectivity index (χ4n) is 4.36. The van der Waals surface area contributed by atoms with Crippen LogP contribution >= 0.6 is 11.6 Å². The number of amides is 1. The van der Waals surface area contributed by atoms with Crippen LogP contribution < -0.4 is 9.64 Å². The number of anilines is 1. The van der Waals surface area contributed by atoms with Gasteiger partial charge in [0.15, 0.2) is 0 Å². The molecule has 1 amide bonds. The Hall–Kier alpha value is -2.08. The summed E-state index contributed by atoms with van der Waals surface area (Å²) in [5.41, 5.74) is 2.38. The second-order valence-corrected chi connectivity index (χ2v) is 8.46. The van der Waals surface area contributed by atoms with E-state index in [2.05, 4.69) is 34.9 Å². The Kier molecular flexibility index (Phi) is 6.93. The van der Waals surface area contributed by atoms with E-state index in [1.54, 1.807) is 0 Å². The third-order valence-corrected chi connectivity index (χ3v) is 6.50. The van der Waals surface area contributed by atoms with Gasteiger partial charge in [-0.15, -0.1) is 0 Å². The van der Waals surface area contributed by atoms with E-state index in [0.29, 0.717) is 11.6 Å². The number of ether oxygens (including phenoxy) is 1. The van der Waals surface area contributed by atoms with Gasteiger partial charge in [0.2, 0.25) is 5.91 Å². The summed E-state index contributed by atoms with van der Waals surface area (Å²) in [7, 11) is 0. The lowest BCUT2D eigenvalue weighted by atomic mass is 10.0. The van der Waals surface area contributed by atoms with Gasteiger partial charge in [-0.2, -0.15) is 0 Å². The summed E-state index contributed by atoms with van der Waals surface area (Å²) in [4.78, 5) is 19.9. The Morgan fingerprint density at radius 3 is 2.57 bits per heavy atom. The zero-order chi connectivity index (χ0) is 20.9. The molecule has 2 aliphatic rings. The second kappa shape index (κ2) is 9.82. The lowest BCUT2D eigenvalue weighted by molar-refractivity contribution is -0.124. The highest BCUT2D eigenvalue weighted by atomic mass is 35.5. The molecular weight excluding hydrogens is 398 g/mol. The lowest BCUT2D eigenvalue weighted by Crippen LogP contribution is -2.55. The Bertz CT molecular complexity index is 867. The molecule has 2 aromatic rings. The van der Waals surface area contributed by atoms with Gasteiger partial charge in [0, 0.05) is 45.0 Å². The van der Waals surface area contributed by atoms with Crippen LogP contribution in [0.1, 0.15) is 18.9 Å². The van der Waals surface area contributed by atoms with Gasteiger partial charge in [-0.05, 0) is 43.5 Å².